The highest BCUT2D eigenvalue weighted by molar-refractivity contribution is 5.75. The maximum atomic E-state index is 11.8. The van der Waals surface area contributed by atoms with Crippen LogP contribution in [-0.2, 0) is 25.5 Å². The summed E-state index contributed by atoms with van der Waals surface area (Å²) in [4.78, 5) is 23.6. The van der Waals surface area contributed by atoms with Crippen LogP contribution in [0.3, 0.4) is 0 Å². The Morgan fingerprint density at radius 1 is 1.12 bits per heavy atom. The number of aliphatic hydroxyl groups excluding tert-OH is 1. The topological polar surface area (TPSA) is 93.1 Å². The second-order valence-corrected chi connectivity index (χ2v) is 7.25. The van der Waals surface area contributed by atoms with Gasteiger partial charge in [0.2, 0.25) is 0 Å². The smallest absolute Gasteiger partial charge is 0.311 e. The molecule has 0 saturated carbocycles. The van der Waals surface area contributed by atoms with Gasteiger partial charge in [-0.25, -0.2) is 0 Å². The molecule has 0 aliphatic carbocycles. The van der Waals surface area contributed by atoms with Crippen molar-refractivity contribution in [2.24, 2.45) is 5.41 Å². The third-order valence-corrected chi connectivity index (χ3v) is 4.45. The quantitative estimate of drug-likeness (QED) is 0.653. The van der Waals surface area contributed by atoms with Gasteiger partial charge in [0.25, 0.3) is 0 Å². The zero-order chi connectivity index (χ0) is 19.9. The molecule has 0 aliphatic heterocycles. The number of phenols is 1. The fourth-order valence-corrected chi connectivity index (χ4v) is 2.26. The van der Waals surface area contributed by atoms with Gasteiger partial charge in [0.1, 0.15) is 25.1 Å². The van der Waals surface area contributed by atoms with Crippen molar-refractivity contribution in [1.82, 2.24) is 0 Å². The highest BCUT2D eigenvalue weighted by Crippen LogP contribution is 2.23. The number of rotatable bonds is 9. The molecule has 0 fully saturated rings. The number of phenolic OH excluding ortho intramolecular Hbond substituents is 1. The predicted octanol–water partition coefficient (Wildman–Crippen LogP) is 2.83. The van der Waals surface area contributed by atoms with Crippen molar-refractivity contribution < 1.29 is 29.3 Å². The summed E-state index contributed by atoms with van der Waals surface area (Å²) in [5.74, 6) is -0.559. The summed E-state index contributed by atoms with van der Waals surface area (Å²) >= 11 is 0. The number of benzene rings is 1. The molecule has 2 N–H and O–H groups in total. The molecule has 1 aromatic rings. The number of aromatic hydroxyl groups is 1. The molecule has 0 aromatic heterocycles. The van der Waals surface area contributed by atoms with Crippen LogP contribution in [0.25, 0.3) is 0 Å². The summed E-state index contributed by atoms with van der Waals surface area (Å²) in [5.41, 5.74) is 1.86. The van der Waals surface area contributed by atoms with Gasteiger partial charge in [-0.05, 0) is 57.2 Å². The predicted molar refractivity (Wildman–Crippen MR) is 97.9 cm³/mol. The maximum absolute atomic E-state index is 11.8. The number of hydrogen-bond donors (Lipinski definition) is 2. The lowest BCUT2D eigenvalue weighted by atomic mass is 9.91. The summed E-state index contributed by atoms with van der Waals surface area (Å²) in [6.07, 6.45) is 0.233. The molecular formula is C20H30O6. The Morgan fingerprint density at radius 2 is 1.65 bits per heavy atom. The van der Waals surface area contributed by atoms with Crippen molar-refractivity contribution >= 4 is 11.9 Å². The average Bonchev–Trinajstić information content (AvgIpc) is 2.60. The van der Waals surface area contributed by atoms with E-state index in [2.05, 4.69) is 0 Å². The number of hydrogen-bond acceptors (Lipinski definition) is 6. The van der Waals surface area contributed by atoms with E-state index in [4.69, 9.17) is 9.47 Å². The fraction of sp³-hybridized carbons (Fsp3) is 0.600. The molecule has 0 heterocycles. The van der Waals surface area contributed by atoms with Crippen LogP contribution in [0.5, 0.6) is 5.75 Å². The Morgan fingerprint density at radius 3 is 2.19 bits per heavy atom. The fourth-order valence-electron chi connectivity index (χ4n) is 2.26. The molecule has 1 unspecified atom stereocenters. The average molecular weight is 366 g/mol. The molecule has 146 valence electrons. The number of carbonyl (C=O) groups is 2. The van der Waals surface area contributed by atoms with Crippen molar-refractivity contribution in [2.45, 2.75) is 60.0 Å². The van der Waals surface area contributed by atoms with Gasteiger partial charge in [0.05, 0.1) is 5.41 Å². The Hall–Kier alpha value is -2.08. The van der Waals surface area contributed by atoms with E-state index in [0.29, 0.717) is 12.8 Å². The molecule has 1 aromatic carbocycles. The molecule has 0 amide bonds. The van der Waals surface area contributed by atoms with Gasteiger partial charge >= 0.3 is 11.9 Å². The first-order chi connectivity index (χ1) is 12.1. The van der Waals surface area contributed by atoms with Gasteiger partial charge in [0, 0.05) is 6.42 Å². The Balaban J connectivity index is 2.35. The van der Waals surface area contributed by atoms with Crippen molar-refractivity contribution in [2.75, 3.05) is 13.2 Å². The molecule has 1 rings (SSSR count). The summed E-state index contributed by atoms with van der Waals surface area (Å²) in [6, 6.07) is 3.67. The largest absolute Gasteiger partial charge is 0.507 e. The van der Waals surface area contributed by atoms with Gasteiger partial charge in [-0.15, -0.1) is 0 Å². The van der Waals surface area contributed by atoms with Gasteiger partial charge in [-0.3, -0.25) is 9.59 Å². The van der Waals surface area contributed by atoms with Crippen LogP contribution >= 0.6 is 0 Å². The minimum atomic E-state index is -1.05. The first kappa shape index (κ1) is 22.0. The van der Waals surface area contributed by atoms with Crippen LogP contribution < -0.4 is 0 Å². The van der Waals surface area contributed by atoms with Crippen molar-refractivity contribution in [3.8, 4) is 5.75 Å². The van der Waals surface area contributed by atoms with E-state index in [0.717, 1.165) is 16.7 Å². The molecule has 6 nitrogen and oxygen atoms in total. The van der Waals surface area contributed by atoms with Gasteiger partial charge in [-0.2, -0.15) is 0 Å². The monoisotopic (exact) mass is 366 g/mol. The van der Waals surface area contributed by atoms with Gasteiger partial charge < -0.3 is 19.7 Å². The standard InChI is InChI=1S/C20H30O6/c1-6-20(4,5)19(24)26-12-16(21)11-25-17(22)8-7-15-9-13(2)18(23)14(3)10-15/h9-10,16,21,23H,6-8,11-12H2,1-5H3. The number of carbonyl (C=O) groups excluding carboxylic acids is 2. The number of esters is 2. The molecule has 0 saturated heterocycles. The third-order valence-electron chi connectivity index (χ3n) is 4.45. The van der Waals surface area contributed by atoms with Crippen LogP contribution in [0.15, 0.2) is 12.1 Å². The molecule has 1 atom stereocenters. The van der Waals surface area contributed by atoms with E-state index in [1.54, 1.807) is 13.8 Å². The molecule has 6 heteroatoms. The summed E-state index contributed by atoms with van der Waals surface area (Å²) < 4.78 is 10.1. The first-order valence-corrected chi connectivity index (χ1v) is 8.86. The normalized spacial score (nSPS) is 12.5. The minimum absolute atomic E-state index is 0.166. The zero-order valence-electron chi connectivity index (χ0n) is 16.3. The summed E-state index contributed by atoms with van der Waals surface area (Å²) in [7, 11) is 0. The third kappa shape index (κ3) is 6.67. The number of ether oxygens (including phenoxy) is 2. The number of aliphatic hydroxyl groups is 1. The van der Waals surface area contributed by atoms with Gasteiger partial charge in [0.15, 0.2) is 0 Å². The van der Waals surface area contributed by atoms with Crippen LogP contribution in [0.2, 0.25) is 0 Å². The maximum Gasteiger partial charge on any atom is 0.311 e. The van der Waals surface area contributed by atoms with E-state index in [1.807, 2.05) is 32.9 Å². The van der Waals surface area contributed by atoms with E-state index in [9.17, 15) is 19.8 Å². The van der Waals surface area contributed by atoms with Crippen LogP contribution in [0.1, 0.15) is 50.3 Å². The number of aryl methyl sites for hydroxylation is 3. The lowest BCUT2D eigenvalue weighted by Crippen LogP contribution is -2.31. The summed E-state index contributed by atoms with van der Waals surface area (Å²) in [5, 5.41) is 19.5. The SMILES string of the molecule is CCC(C)(C)C(=O)OCC(O)COC(=O)CCc1cc(C)c(O)c(C)c1. The van der Waals surface area contributed by atoms with Crippen LogP contribution in [-0.4, -0.2) is 41.5 Å². The second-order valence-electron chi connectivity index (χ2n) is 7.25. The van der Waals surface area contributed by atoms with Crippen LogP contribution in [0, 0.1) is 19.3 Å². The van der Waals surface area contributed by atoms with Crippen molar-refractivity contribution in [3.63, 3.8) is 0 Å². The molecule has 0 bridgehead atoms. The Kier molecular flexibility index (Phi) is 8.08. The van der Waals surface area contributed by atoms with Crippen molar-refractivity contribution in [3.05, 3.63) is 28.8 Å². The van der Waals surface area contributed by atoms with E-state index < -0.39 is 17.5 Å². The van der Waals surface area contributed by atoms with E-state index in [-0.39, 0.29) is 31.4 Å². The molecule has 0 radical (unpaired) electrons. The Bertz CT molecular complexity index is 612. The lowest BCUT2D eigenvalue weighted by Gasteiger charge is -2.21. The van der Waals surface area contributed by atoms with E-state index >= 15 is 0 Å². The molecular weight excluding hydrogens is 336 g/mol. The van der Waals surface area contributed by atoms with E-state index in [1.165, 1.54) is 0 Å². The molecule has 26 heavy (non-hydrogen) atoms. The van der Waals surface area contributed by atoms with Gasteiger partial charge in [-0.1, -0.05) is 19.1 Å². The second kappa shape index (κ2) is 9.57. The first-order valence-electron chi connectivity index (χ1n) is 8.86. The van der Waals surface area contributed by atoms with Crippen molar-refractivity contribution in [1.29, 1.82) is 0 Å². The van der Waals surface area contributed by atoms with Crippen LogP contribution in [0.4, 0.5) is 0 Å². The highest BCUT2D eigenvalue weighted by Gasteiger charge is 2.27. The lowest BCUT2D eigenvalue weighted by molar-refractivity contribution is -0.159. The Labute approximate surface area is 155 Å². The summed E-state index contributed by atoms with van der Waals surface area (Å²) in [6.45, 7) is 8.63. The highest BCUT2D eigenvalue weighted by atomic mass is 16.6. The zero-order valence-corrected chi connectivity index (χ0v) is 16.3. The minimum Gasteiger partial charge on any atom is -0.507 e. The molecule has 0 aliphatic rings. The molecule has 0 spiro atoms.